The molecular formula is C12H14N4O. The molecular weight excluding hydrogens is 216 g/mol. The summed E-state index contributed by atoms with van der Waals surface area (Å²) in [6.45, 7) is 5.44. The molecule has 1 aromatic heterocycles. The summed E-state index contributed by atoms with van der Waals surface area (Å²) in [6, 6.07) is 0. The normalized spacial score (nSPS) is 23.9. The first-order valence-electron chi connectivity index (χ1n) is 5.51. The zero-order chi connectivity index (χ0) is 12.3. The Morgan fingerprint density at radius 3 is 3.00 bits per heavy atom. The van der Waals surface area contributed by atoms with E-state index in [4.69, 9.17) is 0 Å². The summed E-state index contributed by atoms with van der Waals surface area (Å²) in [5.41, 5.74) is 0.709. The number of tetrazole rings is 1. The third-order valence-corrected chi connectivity index (χ3v) is 2.83. The molecule has 0 bridgehead atoms. The minimum atomic E-state index is -0.00624. The van der Waals surface area contributed by atoms with E-state index in [0.717, 1.165) is 6.42 Å². The molecule has 0 saturated heterocycles. The number of hydrogen-bond acceptors (Lipinski definition) is 4. The van der Waals surface area contributed by atoms with Gasteiger partial charge in [-0.05, 0) is 13.3 Å². The van der Waals surface area contributed by atoms with E-state index in [0.29, 0.717) is 11.4 Å². The lowest BCUT2D eigenvalue weighted by atomic mass is 10.1. The van der Waals surface area contributed by atoms with Crippen molar-refractivity contribution >= 4 is 5.78 Å². The molecule has 0 aromatic carbocycles. The van der Waals surface area contributed by atoms with Crippen molar-refractivity contribution in [2.45, 2.75) is 19.3 Å². The second kappa shape index (κ2) is 4.86. The van der Waals surface area contributed by atoms with E-state index in [1.54, 1.807) is 18.2 Å². The van der Waals surface area contributed by atoms with Crippen molar-refractivity contribution in [3.8, 4) is 0 Å². The van der Waals surface area contributed by atoms with Gasteiger partial charge in [0.05, 0.1) is 0 Å². The van der Waals surface area contributed by atoms with E-state index < -0.39 is 0 Å². The van der Waals surface area contributed by atoms with Gasteiger partial charge >= 0.3 is 0 Å². The second-order valence-corrected chi connectivity index (χ2v) is 3.92. The largest absolute Gasteiger partial charge is 0.294 e. The number of rotatable bonds is 5. The third kappa shape index (κ3) is 2.38. The Morgan fingerprint density at radius 2 is 2.41 bits per heavy atom. The van der Waals surface area contributed by atoms with Gasteiger partial charge < -0.3 is 0 Å². The summed E-state index contributed by atoms with van der Waals surface area (Å²) in [4.78, 5) is 12.1. The summed E-state index contributed by atoms with van der Waals surface area (Å²) in [6.07, 6.45) is 7.81. The van der Waals surface area contributed by atoms with Crippen molar-refractivity contribution in [1.82, 2.24) is 20.6 Å². The molecule has 88 valence electrons. The Morgan fingerprint density at radius 1 is 1.59 bits per heavy atom. The summed E-state index contributed by atoms with van der Waals surface area (Å²) >= 11 is 0. The molecule has 17 heavy (non-hydrogen) atoms. The third-order valence-electron chi connectivity index (χ3n) is 2.83. The van der Waals surface area contributed by atoms with Crippen LogP contribution in [-0.2, 0) is 4.79 Å². The van der Waals surface area contributed by atoms with Crippen LogP contribution in [0.25, 0.3) is 0 Å². The molecule has 1 heterocycles. The number of carbonyl (C=O) groups is 1. The number of Topliss-reactive ketones (excluding diaryl/α,β-unsaturated/α-hetero) is 1. The number of ketones is 1. The highest BCUT2D eigenvalue weighted by Gasteiger charge is 2.46. The van der Waals surface area contributed by atoms with Gasteiger partial charge in [0.2, 0.25) is 0 Å². The highest BCUT2D eigenvalue weighted by molar-refractivity contribution is 6.01. The Balaban J connectivity index is 2.03. The maximum absolute atomic E-state index is 12.1. The van der Waals surface area contributed by atoms with Gasteiger partial charge in [0.25, 0.3) is 0 Å². The molecule has 1 aliphatic carbocycles. The fraction of sp³-hybridized carbons (Fsp3) is 0.333. The van der Waals surface area contributed by atoms with Crippen LogP contribution in [0.4, 0.5) is 0 Å². The van der Waals surface area contributed by atoms with Crippen LogP contribution in [0.3, 0.4) is 0 Å². The minimum absolute atomic E-state index is 0.00624. The van der Waals surface area contributed by atoms with Crippen LogP contribution in [-0.4, -0.2) is 26.4 Å². The van der Waals surface area contributed by atoms with Crippen LogP contribution < -0.4 is 0 Å². The van der Waals surface area contributed by atoms with Gasteiger partial charge in [-0.15, -0.1) is 10.2 Å². The molecule has 1 N–H and O–H groups in total. The molecule has 0 unspecified atom stereocenters. The van der Waals surface area contributed by atoms with E-state index in [1.807, 2.05) is 13.0 Å². The number of aromatic amines is 1. The van der Waals surface area contributed by atoms with E-state index in [2.05, 4.69) is 27.2 Å². The lowest BCUT2D eigenvalue weighted by molar-refractivity contribution is -0.116. The molecule has 0 spiro atoms. The standard InChI is InChI=1S/C12H14N4O/c1-3-5-6-8(4-2)11(17)9-7-10(9)12-13-15-16-14-12/h3-6,9-10H,1,7H2,2H3,(H,13,14,15,16)/b6-5-,8-4+/t9-,10-/m0/s1. The molecule has 5 nitrogen and oxygen atoms in total. The smallest absolute Gasteiger partial charge is 0.178 e. The fourth-order valence-corrected chi connectivity index (χ4v) is 1.80. The summed E-state index contributed by atoms with van der Waals surface area (Å²) < 4.78 is 0. The molecule has 1 aromatic rings. The Bertz CT molecular complexity index is 473. The first-order valence-corrected chi connectivity index (χ1v) is 5.51. The zero-order valence-electron chi connectivity index (χ0n) is 9.63. The van der Waals surface area contributed by atoms with E-state index in [1.165, 1.54) is 0 Å². The molecule has 1 saturated carbocycles. The van der Waals surface area contributed by atoms with Gasteiger partial charge in [-0.3, -0.25) is 4.79 Å². The SMILES string of the molecule is C=C/C=C\C(=C/C)C(=O)[C@H]1C[C@@H]1c1nn[nH]n1. The van der Waals surface area contributed by atoms with Gasteiger partial charge in [0.15, 0.2) is 11.6 Å². The predicted molar refractivity (Wildman–Crippen MR) is 63.1 cm³/mol. The van der Waals surface area contributed by atoms with Crippen LogP contribution >= 0.6 is 0 Å². The summed E-state index contributed by atoms with van der Waals surface area (Å²) in [5, 5.41) is 13.7. The lowest BCUT2D eigenvalue weighted by Crippen LogP contribution is -2.05. The maximum atomic E-state index is 12.1. The molecule has 0 radical (unpaired) electrons. The van der Waals surface area contributed by atoms with E-state index in [9.17, 15) is 4.79 Å². The molecule has 2 rings (SSSR count). The number of aromatic nitrogens is 4. The van der Waals surface area contributed by atoms with Crippen molar-refractivity contribution in [1.29, 1.82) is 0 Å². The van der Waals surface area contributed by atoms with Crippen molar-refractivity contribution in [3.63, 3.8) is 0 Å². The van der Waals surface area contributed by atoms with Gasteiger partial charge in [-0.2, -0.15) is 5.21 Å². The van der Waals surface area contributed by atoms with Crippen molar-refractivity contribution in [3.05, 3.63) is 42.3 Å². The van der Waals surface area contributed by atoms with Crippen LogP contribution in [0.5, 0.6) is 0 Å². The summed E-state index contributed by atoms with van der Waals surface area (Å²) in [5.74, 6) is 0.883. The number of nitrogens with zero attached hydrogens (tertiary/aromatic N) is 3. The monoisotopic (exact) mass is 230 g/mol. The highest BCUT2D eigenvalue weighted by atomic mass is 16.1. The number of hydrogen-bond donors (Lipinski definition) is 1. The molecule has 5 heteroatoms. The summed E-state index contributed by atoms with van der Waals surface area (Å²) in [7, 11) is 0. The first-order chi connectivity index (χ1) is 8.27. The molecule has 1 fully saturated rings. The van der Waals surface area contributed by atoms with Crippen molar-refractivity contribution in [2.75, 3.05) is 0 Å². The quantitative estimate of drug-likeness (QED) is 0.615. The average Bonchev–Trinajstić information content (AvgIpc) is 2.96. The zero-order valence-corrected chi connectivity index (χ0v) is 9.63. The topological polar surface area (TPSA) is 71.5 Å². The van der Waals surface area contributed by atoms with Crippen LogP contribution in [0.1, 0.15) is 25.1 Å². The predicted octanol–water partition coefficient (Wildman–Crippen LogP) is 1.56. The number of nitrogens with one attached hydrogen (secondary N) is 1. The highest BCUT2D eigenvalue weighted by Crippen LogP contribution is 2.47. The Labute approximate surface area is 99.3 Å². The molecule has 2 atom stereocenters. The number of allylic oxidation sites excluding steroid dienone is 5. The minimum Gasteiger partial charge on any atom is -0.294 e. The van der Waals surface area contributed by atoms with Gasteiger partial charge in [-0.25, -0.2) is 0 Å². The van der Waals surface area contributed by atoms with Crippen molar-refractivity contribution < 1.29 is 4.79 Å². The van der Waals surface area contributed by atoms with Crippen LogP contribution in [0.2, 0.25) is 0 Å². The van der Waals surface area contributed by atoms with Gasteiger partial charge in [-0.1, -0.05) is 36.1 Å². The lowest BCUT2D eigenvalue weighted by Gasteiger charge is -1.98. The number of carbonyl (C=O) groups excluding carboxylic acids is 1. The Kier molecular flexibility index (Phi) is 3.27. The van der Waals surface area contributed by atoms with E-state index in [-0.39, 0.29) is 17.6 Å². The molecule has 1 aliphatic rings. The van der Waals surface area contributed by atoms with Gasteiger partial charge in [0.1, 0.15) is 0 Å². The fourth-order valence-electron chi connectivity index (χ4n) is 1.80. The maximum Gasteiger partial charge on any atom is 0.178 e. The van der Waals surface area contributed by atoms with Crippen LogP contribution in [0, 0.1) is 5.92 Å². The average molecular weight is 230 g/mol. The number of H-pyrrole nitrogens is 1. The van der Waals surface area contributed by atoms with Gasteiger partial charge in [0, 0.05) is 17.4 Å². The first kappa shape index (κ1) is 11.4. The molecule has 0 amide bonds. The van der Waals surface area contributed by atoms with Crippen LogP contribution in [0.15, 0.2) is 36.5 Å². The van der Waals surface area contributed by atoms with E-state index >= 15 is 0 Å². The second-order valence-electron chi connectivity index (χ2n) is 3.92. The Hall–Kier alpha value is -2.04. The van der Waals surface area contributed by atoms with Crippen molar-refractivity contribution in [2.24, 2.45) is 5.92 Å². The molecule has 0 aliphatic heterocycles.